The Kier molecular flexibility index (Phi) is 4.65. The Hall–Kier alpha value is -0.160. The fraction of sp³-hybridized carbons (Fsp3) is 1.00. The predicted molar refractivity (Wildman–Crippen MR) is 77.5 cm³/mol. The van der Waals surface area contributed by atoms with E-state index in [2.05, 4.69) is 11.9 Å². The van der Waals surface area contributed by atoms with Crippen LogP contribution in [0.2, 0.25) is 0 Å². The van der Waals surface area contributed by atoms with Crippen LogP contribution in [0, 0.1) is 5.92 Å². The first-order chi connectivity index (χ1) is 9.69. The van der Waals surface area contributed by atoms with Crippen molar-refractivity contribution in [2.75, 3.05) is 26.8 Å². The number of rotatable bonds is 3. The molecule has 1 heterocycles. The summed E-state index contributed by atoms with van der Waals surface area (Å²) in [6.07, 6.45) is 9.07. The summed E-state index contributed by atoms with van der Waals surface area (Å²) in [5.74, 6) is 0.411. The van der Waals surface area contributed by atoms with E-state index in [1.54, 1.807) is 0 Å². The first kappa shape index (κ1) is 14.8. The van der Waals surface area contributed by atoms with Gasteiger partial charge in [0.05, 0.1) is 19.3 Å². The largest absolute Gasteiger partial charge is 0.391 e. The molecule has 1 spiro atoms. The third-order valence-electron chi connectivity index (χ3n) is 5.44. The van der Waals surface area contributed by atoms with Crippen molar-refractivity contribution >= 4 is 0 Å². The van der Waals surface area contributed by atoms with Crippen molar-refractivity contribution in [3.63, 3.8) is 0 Å². The van der Waals surface area contributed by atoms with E-state index in [1.807, 2.05) is 0 Å². The van der Waals surface area contributed by atoms with Crippen molar-refractivity contribution in [1.82, 2.24) is 4.90 Å². The fourth-order valence-electron chi connectivity index (χ4n) is 4.24. The molecule has 4 heteroatoms. The third kappa shape index (κ3) is 3.19. The molecule has 20 heavy (non-hydrogen) atoms. The second kappa shape index (κ2) is 6.30. The molecular weight excluding hydrogens is 254 g/mol. The molecule has 1 saturated heterocycles. The van der Waals surface area contributed by atoms with Crippen LogP contribution >= 0.6 is 0 Å². The Morgan fingerprint density at radius 2 is 1.80 bits per heavy atom. The number of likely N-dealkylation sites (N-methyl/N-ethyl adjacent to an activating group) is 1. The zero-order chi connectivity index (χ0) is 14.0. The van der Waals surface area contributed by atoms with E-state index in [9.17, 15) is 5.11 Å². The Balaban J connectivity index is 1.58. The first-order valence-electron chi connectivity index (χ1n) is 8.35. The van der Waals surface area contributed by atoms with Crippen LogP contribution in [0.1, 0.15) is 51.4 Å². The summed E-state index contributed by atoms with van der Waals surface area (Å²) in [5.41, 5.74) is 0. The van der Waals surface area contributed by atoms with E-state index in [4.69, 9.17) is 9.47 Å². The van der Waals surface area contributed by atoms with Crippen molar-refractivity contribution in [2.24, 2.45) is 5.92 Å². The molecule has 3 rings (SSSR count). The highest BCUT2D eigenvalue weighted by Crippen LogP contribution is 2.38. The lowest BCUT2D eigenvalue weighted by Gasteiger charge is -2.44. The highest BCUT2D eigenvalue weighted by molar-refractivity contribution is 4.93. The Morgan fingerprint density at radius 1 is 1.10 bits per heavy atom. The maximum absolute atomic E-state index is 10.4. The monoisotopic (exact) mass is 283 g/mol. The molecular formula is C16H29NO3. The molecule has 0 aromatic carbocycles. The molecule has 4 nitrogen and oxygen atoms in total. The summed E-state index contributed by atoms with van der Waals surface area (Å²) in [6, 6.07) is 0.184. The van der Waals surface area contributed by atoms with E-state index in [1.165, 1.54) is 32.1 Å². The van der Waals surface area contributed by atoms with Gasteiger partial charge >= 0.3 is 0 Å². The van der Waals surface area contributed by atoms with Crippen molar-refractivity contribution in [3.8, 4) is 0 Å². The molecule has 0 bridgehead atoms. The molecule has 2 atom stereocenters. The van der Waals surface area contributed by atoms with Crippen LogP contribution in [0.3, 0.4) is 0 Å². The second-order valence-electron chi connectivity index (χ2n) is 6.93. The smallest absolute Gasteiger partial charge is 0.170 e. The maximum atomic E-state index is 10.4. The van der Waals surface area contributed by atoms with E-state index >= 15 is 0 Å². The quantitative estimate of drug-likeness (QED) is 0.862. The van der Waals surface area contributed by atoms with Gasteiger partial charge in [0.1, 0.15) is 0 Å². The molecule has 3 aliphatic rings. The van der Waals surface area contributed by atoms with Crippen molar-refractivity contribution in [1.29, 1.82) is 0 Å². The van der Waals surface area contributed by atoms with Gasteiger partial charge in [0, 0.05) is 25.4 Å². The van der Waals surface area contributed by atoms with Crippen molar-refractivity contribution in [2.45, 2.75) is 69.3 Å². The van der Waals surface area contributed by atoms with Gasteiger partial charge in [-0.3, -0.25) is 0 Å². The van der Waals surface area contributed by atoms with Crippen LogP contribution in [0.25, 0.3) is 0 Å². The molecule has 3 fully saturated rings. The average molecular weight is 283 g/mol. The van der Waals surface area contributed by atoms with Crippen LogP contribution in [0.5, 0.6) is 0 Å². The van der Waals surface area contributed by atoms with E-state index in [0.29, 0.717) is 13.2 Å². The van der Waals surface area contributed by atoms with Crippen molar-refractivity contribution in [3.05, 3.63) is 0 Å². The molecule has 0 radical (unpaired) electrons. The van der Waals surface area contributed by atoms with Crippen molar-refractivity contribution < 1.29 is 14.6 Å². The van der Waals surface area contributed by atoms with Gasteiger partial charge in [0.25, 0.3) is 0 Å². The lowest BCUT2D eigenvalue weighted by atomic mass is 9.84. The predicted octanol–water partition coefficient (Wildman–Crippen LogP) is 2.16. The summed E-state index contributed by atoms with van der Waals surface area (Å²) in [4.78, 5) is 2.37. The zero-order valence-corrected chi connectivity index (χ0v) is 12.7. The second-order valence-corrected chi connectivity index (χ2v) is 6.93. The molecule has 0 aromatic rings. The maximum Gasteiger partial charge on any atom is 0.170 e. The molecule has 116 valence electrons. The summed E-state index contributed by atoms with van der Waals surface area (Å²) in [6.45, 7) is 2.52. The molecule has 2 aliphatic carbocycles. The summed E-state index contributed by atoms with van der Waals surface area (Å²) in [7, 11) is 2.16. The average Bonchev–Trinajstić information content (AvgIpc) is 2.91. The number of nitrogens with zero attached hydrogens (tertiary/aromatic N) is 1. The summed E-state index contributed by atoms with van der Waals surface area (Å²) < 4.78 is 11.7. The van der Waals surface area contributed by atoms with Gasteiger partial charge in [-0.2, -0.15) is 0 Å². The van der Waals surface area contributed by atoms with Crippen LogP contribution in [-0.2, 0) is 9.47 Å². The number of hydrogen-bond donors (Lipinski definition) is 1. The SMILES string of the molecule is CN(CC1CCCCC1)C1CC2(CCC1O)OCCO2. The van der Waals surface area contributed by atoms with Gasteiger partial charge in [-0.1, -0.05) is 19.3 Å². The van der Waals surface area contributed by atoms with Gasteiger partial charge in [0.15, 0.2) is 5.79 Å². The molecule has 1 aliphatic heterocycles. The van der Waals surface area contributed by atoms with Gasteiger partial charge in [-0.05, 0) is 32.2 Å². The summed E-state index contributed by atoms with van der Waals surface area (Å²) >= 11 is 0. The minimum Gasteiger partial charge on any atom is -0.391 e. The Labute approximate surface area is 122 Å². The van der Waals surface area contributed by atoms with E-state index in [0.717, 1.165) is 31.7 Å². The normalized spacial score (nSPS) is 35.0. The van der Waals surface area contributed by atoms with Gasteiger partial charge in [-0.15, -0.1) is 0 Å². The third-order valence-corrected chi connectivity index (χ3v) is 5.44. The van der Waals surface area contributed by atoms with Crippen LogP contribution in [-0.4, -0.2) is 54.7 Å². The molecule has 0 aromatic heterocycles. The van der Waals surface area contributed by atoms with E-state index in [-0.39, 0.29) is 12.1 Å². The number of aliphatic hydroxyl groups excluding tert-OH is 1. The zero-order valence-electron chi connectivity index (χ0n) is 12.7. The molecule has 1 N–H and O–H groups in total. The number of ether oxygens (including phenoxy) is 2. The van der Waals surface area contributed by atoms with Crippen LogP contribution < -0.4 is 0 Å². The van der Waals surface area contributed by atoms with Crippen LogP contribution in [0.15, 0.2) is 0 Å². The molecule has 0 amide bonds. The Bertz CT molecular complexity index is 311. The lowest BCUT2D eigenvalue weighted by molar-refractivity contribution is -0.204. The number of hydrogen-bond acceptors (Lipinski definition) is 4. The highest BCUT2D eigenvalue weighted by Gasteiger charge is 2.46. The minimum atomic E-state index is -0.398. The van der Waals surface area contributed by atoms with Gasteiger partial charge < -0.3 is 19.5 Å². The molecule has 2 unspecified atom stereocenters. The first-order valence-corrected chi connectivity index (χ1v) is 8.35. The van der Waals surface area contributed by atoms with Gasteiger partial charge in [-0.25, -0.2) is 0 Å². The topological polar surface area (TPSA) is 41.9 Å². The van der Waals surface area contributed by atoms with Gasteiger partial charge in [0.2, 0.25) is 0 Å². The summed E-state index contributed by atoms with van der Waals surface area (Å²) in [5, 5.41) is 10.4. The standard InChI is InChI=1S/C16H29NO3/c1-17(12-13-5-3-2-4-6-13)14-11-16(8-7-15(14)18)19-9-10-20-16/h13-15,18H,2-12H2,1H3. The lowest BCUT2D eigenvalue weighted by Crippen LogP contribution is -2.53. The number of aliphatic hydroxyl groups is 1. The molecule has 2 saturated carbocycles. The Morgan fingerprint density at radius 3 is 2.50 bits per heavy atom. The van der Waals surface area contributed by atoms with Crippen LogP contribution in [0.4, 0.5) is 0 Å². The minimum absolute atomic E-state index is 0.184. The highest BCUT2D eigenvalue weighted by atomic mass is 16.7. The van der Waals surface area contributed by atoms with E-state index < -0.39 is 5.79 Å². The fourth-order valence-corrected chi connectivity index (χ4v) is 4.24.